The molecule has 4 fully saturated rings. The summed E-state index contributed by atoms with van der Waals surface area (Å²) in [7, 11) is 8.81. The number of ether oxygens (including phenoxy) is 2. The molecule has 0 amide bonds. The van der Waals surface area contributed by atoms with E-state index in [9.17, 15) is 35.4 Å². The van der Waals surface area contributed by atoms with Crippen molar-refractivity contribution in [3.8, 4) is 28.4 Å². The fraction of sp³-hybridized carbons (Fsp3) is 0.545. The number of hydrogen-bond donors (Lipinski definition) is 8. The van der Waals surface area contributed by atoms with E-state index in [0.717, 1.165) is 101 Å². The SMILES string of the molecule is COc1c(O)ccc2c1-c1ccc3ccc(O)cc3c1CSSC13CCC(CC1O)C(CC(=O)CC2)OC1NC(CCC2(O)CCCC2)C(CSSC3Cc2ccccc2)CC2c3c1cc(CO)c1c3C(CCC(C(C)=O)N1)CC2CO. The van der Waals surface area contributed by atoms with Gasteiger partial charge in [-0.05, 0) is 194 Å². The van der Waals surface area contributed by atoms with E-state index in [2.05, 4.69) is 47.0 Å². The molecule has 12 atom stereocenters. The Morgan fingerprint density at radius 2 is 1.71 bits per heavy atom. The van der Waals surface area contributed by atoms with E-state index in [1.165, 1.54) is 5.56 Å². The number of benzene rings is 5. The average molecular weight is 1190 g/mol. The second kappa shape index (κ2) is 24.8. The van der Waals surface area contributed by atoms with Gasteiger partial charge < -0.3 is 45.4 Å². The van der Waals surface area contributed by atoms with Crippen LogP contribution in [0.15, 0.2) is 78.9 Å². The molecular formula is C66H80N2O10S4. The van der Waals surface area contributed by atoms with Gasteiger partial charge in [-0.2, -0.15) is 0 Å². The molecule has 438 valence electrons. The highest BCUT2D eigenvalue weighted by molar-refractivity contribution is 8.78. The van der Waals surface area contributed by atoms with Crippen molar-refractivity contribution in [2.24, 2.45) is 17.8 Å². The van der Waals surface area contributed by atoms with Crippen LogP contribution in [0.3, 0.4) is 0 Å². The predicted octanol–water partition coefficient (Wildman–Crippen LogP) is 12.6. The van der Waals surface area contributed by atoms with E-state index in [1.807, 2.05) is 51.9 Å². The lowest BCUT2D eigenvalue weighted by Crippen LogP contribution is -2.54. The lowest BCUT2D eigenvalue weighted by Gasteiger charge is -2.50. The van der Waals surface area contributed by atoms with Crippen molar-refractivity contribution in [1.29, 1.82) is 0 Å². The van der Waals surface area contributed by atoms with Crippen molar-refractivity contribution in [3.05, 3.63) is 118 Å². The largest absolute Gasteiger partial charge is 0.508 e. The van der Waals surface area contributed by atoms with Gasteiger partial charge in [0.15, 0.2) is 17.3 Å². The summed E-state index contributed by atoms with van der Waals surface area (Å²) in [6.07, 6.45) is 8.67. The zero-order valence-corrected chi connectivity index (χ0v) is 50.4. The third-order valence-electron chi connectivity index (χ3n) is 20.1. The van der Waals surface area contributed by atoms with E-state index in [-0.39, 0.29) is 90.0 Å². The van der Waals surface area contributed by atoms with E-state index in [0.29, 0.717) is 74.0 Å². The lowest BCUT2D eigenvalue weighted by atomic mass is 9.63. The minimum Gasteiger partial charge on any atom is -0.508 e. The first-order valence-corrected chi connectivity index (χ1v) is 34.8. The van der Waals surface area contributed by atoms with Gasteiger partial charge in [0, 0.05) is 59.1 Å². The first kappa shape index (κ1) is 58.4. The highest BCUT2D eigenvalue weighted by Crippen LogP contribution is 2.60. The van der Waals surface area contributed by atoms with Gasteiger partial charge in [-0.15, -0.1) is 0 Å². The van der Waals surface area contributed by atoms with Crippen molar-refractivity contribution in [3.63, 3.8) is 0 Å². The second-order valence-corrected chi connectivity index (χ2v) is 30.2. The Labute approximate surface area is 498 Å². The topological polar surface area (TPSA) is 198 Å². The van der Waals surface area contributed by atoms with Crippen LogP contribution in [0.1, 0.15) is 160 Å². The van der Waals surface area contributed by atoms with Gasteiger partial charge in [0.25, 0.3) is 0 Å². The summed E-state index contributed by atoms with van der Waals surface area (Å²) in [6, 6.07) is 25.2. The number of nitrogens with one attached hydrogen (secondary N) is 2. The van der Waals surface area contributed by atoms with E-state index >= 15 is 4.79 Å². The molecule has 0 radical (unpaired) electrons. The van der Waals surface area contributed by atoms with Crippen LogP contribution < -0.4 is 15.4 Å². The number of phenolic OH excluding ortho intramolecular Hbond substituents is 2. The summed E-state index contributed by atoms with van der Waals surface area (Å²) < 4.78 is 13.2. The highest BCUT2D eigenvalue weighted by Gasteiger charge is 2.53. The molecule has 16 heteroatoms. The summed E-state index contributed by atoms with van der Waals surface area (Å²) in [5.74, 6) is 1.45. The first-order chi connectivity index (χ1) is 39.8. The standard InChI is InChI=1S/C66H80N2O10S4/c1-37(71)53-18-13-42-27-43(33-69)50-29-45-35-79-81-58(26-38-8-4-3-5-9-38)66-25-20-41(30-57(66)75)56(78-64(68-54(45)21-24-65(76)22-6-7-23-65)51-28-44(34-70)62(67-53)60(42)61(50)51)32-47(73)16-11-40-14-19-55(74)63(77-2)59(40)48-17-12-39-10-15-46(72)31-49(39)52(48)36-80-82-66/h3-5,8-10,12,14-15,17,19,28,31,41-43,45,50,53-54,56-58,64,67-70,72,74-76H,6-7,11,13,16,18,20-27,29-30,32-36H2,1-2H3. The van der Waals surface area contributed by atoms with Gasteiger partial charge >= 0.3 is 0 Å². The molecule has 5 bridgehead atoms. The lowest BCUT2D eigenvalue weighted by molar-refractivity contribution is -0.130. The Bertz CT molecular complexity index is 3160. The number of hydrogen-bond acceptors (Lipinski definition) is 16. The molecule has 5 aliphatic heterocycles. The fourth-order valence-corrected chi connectivity index (χ4v) is 23.3. The number of aliphatic hydroxyl groups is 4. The van der Waals surface area contributed by atoms with Gasteiger partial charge in [-0.3, -0.25) is 14.9 Å². The van der Waals surface area contributed by atoms with Crippen LogP contribution in [0, 0.1) is 17.8 Å². The minimum atomic E-state index is -0.795. The molecule has 2 saturated carbocycles. The number of methoxy groups -OCH3 is 1. The Kier molecular flexibility index (Phi) is 17.7. The number of aromatic hydroxyl groups is 2. The zero-order valence-electron chi connectivity index (χ0n) is 47.2. The summed E-state index contributed by atoms with van der Waals surface area (Å²) in [6.45, 7) is 1.37. The van der Waals surface area contributed by atoms with Crippen LogP contribution in [0.4, 0.5) is 5.69 Å². The number of phenols is 2. The minimum absolute atomic E-state index is 0.00236. The van der Waals surface area contributed by atoms with E-state index in [1.54, 1.807) is 47.8 Å². The predicted molar refractivity (Wildman–Crippen MR) is 332 cm³/mol. The van der Waals surface area contributed by atoms with Crippen molar-refractivity contribution in [1.82, 2.24) is 5.32 Å². The van der Waals surface area contributed by atoms with Crippen LogP contribution in [-0.2, 0) is 39.5 Å². The third-order valence-corrected chi connectivity index (χ3v) is 26.6. The number of fused-ring (bicyclic) bond motifs is 9. The highest BCUT2D eigenvalue weighted by atomic mass is 33.1. The molecular weight excluding hydrogens is 1110 g/mol. The van der Waals surface area contributed by atoms with E-state index in [4.69, 9.17) is 9.47 Å². The molecule has 2 saturated heterocycles. The van der Waals surface area contributed by atoms with Crippen LogP contribution in [0.2, 0.25) is 0 Å². The van der Waals surface area contributed by atoms with Crippen molar-refractivity contribution in [2.75, 3.05) is 24.8 Å². The number of ketones is 2. The Morgan fingerprint density at radius 1 is 0.890 bits per heavy atom. The maximum absolute atomic E-state index is 15.3. The molecule has 13 rings (SSSR count). The van der Waals surface area contributed by atoms with Gasteiger partial charge in [-0.1, -0.05) is 111 Å². The van der Waals surface area contributed by atoms with Gasteiger partial charge in [-0.25, -0.2) is 0 Å². The number of rotatable bonds is 9. The summed E-state index contributed by atoms with van der Waals surface area (Å²) >= 11 is 0. The number of anilines is 1. The number of Topliss-reactive ketones (excluding diaryl/α,β-unsaturated/α-hetero) is 2. The van der Waals surface area contributed by atoms with Gasteiger partial charge in [0.05, 0.1) is 42.3 Å². The second-order valence-electron chi connectivity index (χ2n) is 24.9. The molecule has 0 spiro atoms. The number of aliphatic hydroxyl groups excluding tert-OH is 3. The normalized spacial score (nSPS) is 31.0. The third kappa shape index (κ3) is 11.5. The molecule has 5 aromatic rings. The molecule has 12 unspecified atom stereocenters. The van der Waals surface area contributed by atoms with Crippen LogP contribution in [0.25, 0.3) is 21.9 Å². The molecule has 12 nitrogen and oxygen atoms in total. The van der Waals surface area contributed by atoms with Crippen LogP contribution in [-0.4, -0.2) is 102 Å². The number of aryl methyl sites for hydroxylation is 1. The molecule has 8 N–H and O–H groups in total. The first-order valence-electron chi connectivity index (χ1n) is 30.1. The number of carbonyl (C=O) groups is 2. The van der Waals surface area contributed by atoms with E-state index < -0.39 is 34.8 Å². The zero-order chi connectivity index (χ0) is 56.9. The van der Waals surface area contributed by atoms with Crippen molar-refractivity contribution < 1.29 is 49.7 Å². The molecule has 0 aromatic heterocycles. The monoisotopic (exact) mass is 1190 g/mol. The molecule has 3 aliphatic carbocycles. The van der Waals surface area contributed by atoms with Gasteiger partial charge in [0.2, 0.25) is 0 Å². The molecule has 8 aliphatic rings. The molecule has 82 heavy (non-hydrogen) atoms. The van der Waals surface area contributed by atoms with Crippen LogP contribution >= 0.6 is 43.2 Å². The van der Waals surface area contributed by atoms with Crippen LogP contribution in [0.5, 0.6) is 17.2 Å². The Morgan fingerprint density at radius 3 is 2.48 bits per heavy atom. The number of carbonyl (C=O) groups excluding carboxylic acids is 2. The summed E-state index contributed by atoms with van der Waals surface area (Å²) in [5, 5.41) is 80.7. The van der Waals surface area contributed by atoms with Crippen molar-refractivity contribution >= 4 is 71.2 Å². The fourth-order valence-electron chi connectivity index (χ4n) is 15.7. The average Bonchev–Trinajstić information content (AvgIpc) is 3.72. The maximum Gasteiger partial charge on any atom is 0.168 e. The maximum atomic E-state index is 15.3. The summed E-state index contributed by atoms with van der Waals surface area (Å²) in [5.41, 5.74) is 8.42. The smallest absolute Gasteiger partial charge is 0.168 e. The Balaban J connectivity index is 1.04. The molecule has 5 heterocycles. The Hall–Kier alpha value is -3.94. The summed E-state index contributed by atoms with van der Waals surface area (Å²) in [4.78, 5) is 28.5. The quantitative estimate of drug-likeness (QED) is 0.0648. The van der Waals surface area contributed by atoms with Crippen molar-refractivity contribution in [2.45, 2.75) is 186 Å². The van der Waals surface area contributed by atoms with Gasteiger partial charge in [0.1, 0.15) is 17.8 Å². The molecule has 5 aromatic carbocycles.